The van der Waals surface area contributed by atoms with Crippen LogP contribution < -0.4 is 0 Å². The van der Waals surface area contributed by atoms with E-state index in [1.807, 2.05) is 0 Å². The number of aromatic nitrogens is 4. The average Bonchev–Trinajstić information content (AvgIpc) is 2.95. The summed E-state index contributed by atoms with van der Waals surface area (Å²) >= 11 is 0. The van der Waals surface area contributed by atoms with Crippen molar-refractivity contribution in [2.24, 2.45) is 0 Å². The molecule has 0 unspecified atom stereocenters. The second kappa shape index (κ2) is 5.24. The largest absolute Gasteiger partial charge is 0.236 e. The van der Waals surface area contributed by atoms with E-state index in [1.165, 1.54) is 24.4 Å². The summed E-state index contributed by atoms with van der Waals surface area (Å²) in [5, 5.41) is 4.51. The Labute approximate surface area is 130 Å². The molecule has 1 aromatic carbocycles. The SMILES string of the molecule is Fc1ccc(-c2nn3cccnc3c2-c2ccnc(F)c2)cc1. The summed E-state index contributed by atoms with van der Waals surface area (Å²) < 4.78 is 28.3. The zero-order valence-corrected chi connectivity index (χ0v) is 11.8. The first-order valence-electron chi connectivity index (χ1n) is 6.93. The molecule has 4 nitrogen and oxygen atoms in total. The van der Waals surface area contributed by atoms with Gasteiger partial charge < -0.3 is 0 Å². The molecule has 0 fully saturated rings. The molecule has 0 saturated carbocycles. The molecule has 6 heteroatoms. The van der Waals surface area contributed by atoms with Gasteiger partial charge in [0.2, 0.25) is 5.95 Å². The van der Waals surface area contributed by atoms with Crippen LogP contribution in [0.5, 0.6) is 0 Å². The zero-order chi connectivity index (χ0) is 15.8. The fraction of sp³-hybridized carbons (Fsp3) is 0. The van der Waals surface area contributed by atoms with E-state index in [0.29, 0.717) is 22.5 Å². The van der Waals surface area contributed by atoms with Crippen molar-refractivity contribution in [3.63, 3.8) is 0 Å². The van der Waals surface area contributed by atoms with E-state index < -0.39 is 5.95 Å². The minimum atomic E-state index is -0.581. The van der Waals surface area contributed by atoms with E-state index in [-0.39, 0.29) is 5.82 Å². The molecule has 0 bridgehead atoms. The number of rotatable bonds is 2. The Bertz CT molecular complexity index is 993. The number of benzene rings is 1. The minimum Gasteiger partial charge on any atom is -0.236 e. The normalized spacial score (nSPS) is 11.0. The van der Waals surface area contributed by atoms with Crippen molar-refractivity contribution < 1.29 is 8.78 Å². The molecular formula is C17H10F2N4. The van der Waals surface area contributed by atoms with Crippen LogP contribution >= 0.6 is 0 Å². The van der Waals surface area contributed by atoms with Crippen LogP contribution in [0.3, 0.4) is 0 Å². The highest BCUT2D eigenvalue weighted by molar-refractivity contribution is 5.90. The second-order valence-electron chi connectivity index (χ2n) is 4.99. The molecular weight excluding hydrogens is 298 g/mol. The molecule has 0 aliphatic heterocycles. The molecule has 3 heterocycles. The third-order valence-corrected chi connectivity index (χ3v) is 3.53. The number of hydrogen-bond acceptors (Lipinski definition) is 3. The van der Waals surface area contributed by atoms with E-state index in [1.54, 1.807) is 41.2 Å². The van der Waals surface area contributed by atoms with Crippen molar-refractivity contribution >= 4 is 5.65 Å². The summed E-state index contributed by atoms with van der Waals surface area (Å²) in [7, 11) is 0. The molecule has 0 radical (unpaired) electrons. The molecule has 23 heavy (non-hydrogen) atoms. The van der Waals surface area contributed by atoms with E-state index in [9.17, 15) is 8.78 Å². The monoisotopic (exact) mass is 308 g/mol. The first kappa shape index (κ1) is 13.5. The molecule has 0 atom stereocenters. The highest BCUT2D eigenvalue weighted by atomic mass is 19.1. The van der Waals surface area contributed by atoms with Crippen LogP contribution in [0.15, 0.2) is 61.1 Å². The molecule has 4 aromatic rings. The van der Waals surface area contributed by atoms with Crippen LogP contribution in [0.1, 0.15) is 0 Å². The Kier molecular flexibility index (Phi) is 3.08. The predicted molar refractivity (Wildman–Crippen MR) is 81.6 cm³/mol. The Hall–Kier alpha value is -3.15. The molecule has 0 aliphatic rings. The quantitative estimate of drug-likeness (QED) is 0.530. The van der Waals surface area contributed by atoms with Gasteiger partial charge in [-0.3, -0.25) is 0 Å². The second-order valence-corrected chi connectivity index (χ2v) is 4.99. The van der Waals surface area contributed by atoms with Gasteiger partial charge in [0.1, 0.15) is 11.5 Å². The molecule has 4 rings (SSSR count). The molecule has 3 aromatic heterocycles. The maximum absolute atomic E-state index is 13.5. The van der Waals surface area contributed by atoms with Crippen molar-refractivity contribution in [1.82, 2.24) is 19.6 Å². The van der Waals surface area contributed by atoms with Crippen molar-refractivity contribution in [1.29, 1.82) is 0 Å². The van der Waals surface area contributed by atoms with Crippen LogP contribution in [0.2, 0.25) is 0 Å². The summed E-state index contributed by atoms with van der Waals surface area (Å²) in [6, 6.07) is 10.8. The van der Waals surface area contributed by atoms with Crippen molar-refractivity contribution in [3.8, 4) is 22.4 Å². The van der Waals surface area contributed by atoms with Gasteiger partial charge in [0.15, 0.2) is 5.65 Å². The fourth-order valence-corrected chi connectivity index (χ4v) is 2.52. The summed E-state index contributed by atoms with van der Waals surface area (Å²) in [6.45, 7) is 0. The first-order chi connectivity index (χ1) is 11.2. The number of fused-ring (bicyclic) bond motifs is 1. The Morgan fingerprint density at radius 1 is 0.870 bits per heavy atom. The minimum absolute atomic E-state index is 0.327. The third kappa shape index (κ3) is 2.34. The van der Waals surface area contributed by atoms with Crippen molar-refractivity contribution in [2.45, 2.75) is 0 Å². The molecule has 112 valence electrons. The van der Waals surface area contributed by atoms with Crippen LogP contribution in [-0.2, 0) is 0 Å². The smallest absolute Gasteiger partial charge is 0.213 e. The lowest BCUT2D eigenvalue weighted by Crippen LogP contribution is -1.88. The lowest BCUT2D eigenvalue weighted by molar-refractivity contribution is 0.584. The summed E-state index contributed by atoms with van der Waals surface area (Å²) in [4.78, 5) is 7.91. The molecule has 0 N–H and O–H groups in total. The fourth-order valence-electron chi connectivity index (χ4n) is 2.52. The lowest BCUT2D eigenvalue weighted by Gasteiger charge is -2.03. The van der Waals surface area contributed by atoms with Crippen LogP contribution in [-0.4, -0.2) is 19.6 Å². The van der Waals surface area contributed by atoms with Gasteiger partial charge in [-0.2, -0.15) is 9.49 Å². The predicted octanol–water partition coefficient (Wildman–Crippen LogP) is 3.74. The number of halogens is 2. The average molecular weight is 308 g/mol. The van der Waals surface area contributed by atoms with E-state index in [2.05, 4.69) is 15.1 Å². The van der Waals surface area contributed by atoms with Crippen LogP contribution in [0, 0.1) is 11.8 Å². The van der Waals surface area contributed by atoms with Gasteiger partial charge in [-0.25, -0.2) is 18.9 Å². The standard InChI is InChI=1S/C17H10F2N4/c18-13-4-2-11(3-5-13)16-15(12-6-8-20-14(19)10-12)17-21-7-1-9-23(17)22-16/h1-10H. The van der Waals surface area contributed by atoms with Gasteiger partial charge >= 0.3 is 0 Å². The Balaban J connectivity index is 2.04. The van der Waals surface area contributed by atoms with Gasteiger partial charge in [-0.15, -0.1) is 0 Å². The van der Waals surface area contributed by atoms with Crippen molar-refractivity contribution in [3.05, 3.63) is 72.8 Å². The number of hydrogen-bond donors (Lipinski definition) is 0. The summed E-state index contributed by atoms with van der Waals surface area (Å²) in [6.07, 6.45) is 4.80. The number of nitrogens with zero attached hydrogens (tertiary/aromatic N) is 4. The van der Waals surface area contributed by atoms with Gasteiger partial charge in [0, 0.05) is 30.2 Å². The van der Waals surface area contributed by atoms with Gasteiger partial charge in [-0.05, 0) is 42.0 Å². The molecule has 0 saturated heterocycles. The zero-order valence-electron chi connectivity index (χ0n) is 11.8. The number of pyridine rings is 1. The maximum Gasteiger partial charge on any atom is 0.213 e. The van der Waals surface area contributed by atoms with Gasteiger partial charge in [-0.1, -0.05) is 0 Å². The van der Waals surface area contributed by atoms with Crippen LogP contribution in [0.4, 0.5) is 8.78 Å². The summed E-state index contributed by atoms with van der Waals surface area (Å²) in [5.41, 5.74) is 3.22. The molecule has 0 spiro atoms. The molecule has 0 aliphatic carbocycles. The third-order valence-electron chi connectivity index (χ3n) is 3.53. The topological polar surface area (TPSA) is 43.1 Å². The van der Waals surface area contributed by atoms with Crippen LogP contribution in [0.25, 0.3) is 28.0 Å². The Morgan fingerprint density at radius 3 is 2.48 bits per heavy atom. The van der Waals surface area contributed by atoms with Gasteiger partial charge in [0.05, 0.1) is 5.56 Å². The van der Waals surface area contributed by atoms with Crippen molar-refractivity contribution in [2.75, 3.05) is 0 Å². The highest BCUT2D eigenvalue weighted by Crippen LogP contribution is 2.34. The summed E-state index contributed by atoms with van der Waals surface area (Å²) in [5.74, 6) is -0.907. The van der Waals surface area contributed by atoms with Gasteiger partial charge in [0.25, 0.3) is 0 Å². The first-order valence-corrected chi connectivity index (χ1v) is 6.93. The van der Waals surface area contributed by atoms with E-state index in [4.69, 9.17) is 0 Å². The van der Waals surface area contributed by atoms with E-state index in [0.717, 1.165) is 5.56 Å². The molecule has 0 amide bonds. The van der Waals surface area contributed by atoms with E-state index >= 15 is 0 Å². The highest BCUT2D eigenvalue weighted by Gasteiger charge is 2.17. The maximum atomic E-state index is 13.5. The lowest BCUT2D eigenvalue weighted by atomic mass is 10.0. The Morgan fingerprint density at radius 2 is 1.70 bits per heavy atom.